The van der Waals surface area contributed by atoms with Crippen molar-refractivity contribution < 1.29 is 19.0 Å². The van der Waals surface area contributed by atoms with E-state index in [-0.39, 0.29) is 12.4 Å². The average Bonchev–Trinajstić information content (AvgIpc) is 2.16. The summed E-state index contributed by atoms with van der Waals surface area (Å²) in [6.45, 7) is 6.97. The van der Waals surface area contributed by atoms with Crippen LogP contribution < -0.4 is 0 Å². The van der Waals surface area contributed by atoms with Gasteiger partial charge < -0.3 is 14.2 Å². The van der Waals surface area contributed by atoms with Crippen molar-refractivity contribution in [1.29, 1.82) is 0 Å². The third-order valence-electron chi connectivity index (χ3n) is 1.72. The molecule has 0 amide bonds. The normalized spacial score (nSPS) is 11.5. The first kappa shape index (κ1) is 14.6. The molecule has 0 aromatic carbocycles. The number of ether oxygens (including phenoxy) is 3. The van der Waals surface area contributed by atoms with E-state index >= 15 is 0 Å². The van der Waals surface area contributed by atoms with Gasteiger partial charge in [0.15, 0.2) is 0 Å². The molecule has 0 heterocycles. The zero-order chi connectivity index (χ0) is 11.7. The zero-order valence-electron chi connectivity index (χ0n) is 9.67. The van der Waals surface area contributed by atoms with Crippen LogP contribution in [0.1, 0.15) is 33.6 Å². The minimum Gasteiger partial charge on any atom is -0.466 e. The van der Waals surface area contributed by atoms with Gasteiger partial charge in [-0.15, -0.1) is 0 Å². The van der Waals surface area contributed by atoms with Crippen LogP contribution in [0.5, 0.6) is 0 Å². The Balaban J connectivity index is 3.99. The molecule has 5 heteroatoms. The van der Waals surface area contributed by atoms with Crippen LogP contribution >= 0.6 is 0 Å². The van der Waals surface area contributed by atoms with E-state index in [0.29, 0.717) is 26.2 Å². The molecule has 0 aliphatic carbocycles. The highest BCUT2D eigenvalue weighted by Gasteiger charge is 2.25. The average molecular weight is 231 g/mol. The van der Waals surface area contributed by atoms with Crippen LogP contribution in [0.4, 0.5) is 0 Å². The second-order valence-corrected chi connectivity index (χ2v) is 3.69. The predicted molar refractivity (Wildman–Crippen MR) is 57.6 cm³/mol. The summed E-state index contributed by atoms with van der Waals surface area (Å²) in [5.74, 6) is -0.237. The molecule has 3 radical (unpaired) electrons. The Morgan fingerprint density at radius 1 is 1.13 bits per heavy atom. The van der Waals surface area contributed by atoms with E-state index in [4.69, 9.17) is 14.2 Å². The Morgan fingerprint density at radius 3 is 2.07 bits per heavy atom. The summed E-state index contributed by atoms with van der Waals surface area (Å²) in [4.78, 5) is 11.1. The lowest BCUT2D eigenvalue weighted by molar-refractivity contribution is -0.181. The van der Waals surface area contributed by atoms with Gasteiger partial charge in [-0.1, -0.05) is 0 Å². The monoisotopic (exact) mass is 231 g/mol. The summed E-state index contributed by atoms with van der Waals surface area (Å²) in [5, 5.41) is 0. The maximum absolute atomic E-state index is 11.1. The van der Waals surface area contributed by atoms with Crippen molar-refractivity contribution in [1.82, 2.24) is 0 Å². The molecule has 0 rings (SSSR count). The number of hydrogen-bond donors (Lipinski definition) is 0. The Kier molecular flexibility index (Phi) is 7.64. The van der Waals surface area contributed by atoms with Gasteiger partial charge in [-0.25, -0.2) is 0 Å². The van der Waals surface area contributed by atoms with E-state index in [1.54, 1.807) is 6.92 Å². The molecule has 0 saturated carbocycles. The van der Waals surface area contributed by atoms with Crippen molar-refractivity contribution in [2.45, 2.75) is 39.0 Å². The standard InChI is InChI=1S/C10H19O4Si/c1-4-12-9(11)7-8-10(15,13-5-2)14-6-3/h4-8H2,1-3H3. The highest BCUT2D eigenvalue weighted by molar-refractivity contribution is 6.13. The fraction of sp³-hybridized carbons (Fsp3) is 0.900. The van der Waals surface area contributed by atoms with Crippen LogP contribution in [-0.2, 0) is 19.0 Å². The summed E-state index contributed by atoms with van der Waals surface area (Å²) in [5.41, 5.74) is -0.865. The van der Waals surface area contributed by atoms with E-state index in [1.807, 2.05) is 13.8 Å². The van der Waals surface area contributed by atoms with Gasteiger partial charge in [0.25, 0.3) is 0 Å². The van der Waals surface area contributed by atoms with Crippen molar-refractivity contribution in [3.8, 4) is 0 Å². The first-order chi connectivity index (χ1) is 7.08. The van der Waals surface area contributed by atoms with Gasteiger partial charge >= 0.3 is 5.97 Å². The summed E-state index contributed by atoms with van der Waals surface area (Å²) in [6, 6.07) is 0. The lowest BCUT2D eigenvalue weighted by Gasteiger charge is -2.28. The van der Waals surface area contributed by atoms with E-state index in [1.165, 1.54) is 0 Å². The molecule has 0 unspecified atom stereocenters. The number of carbonyl (C=O) groups is 1. The largest absolute Gasteiger partial charge is 0.466 e. The molecule has 4 nitrogen and oxygen atoms in total. The number of hydrogen-bond acceptors (Lipinski definition) is 4. The van der Waals surface area contributed by atoms with Gasteiger partial charge in [0.05, 0.1) is 13.0 Å². The molecule has 0 aliphatic rings. The summed E-state index contributed by atoms with van der Waals surface area (Å²) in [6.07, 6.45) is 0.710. The first-order valence-electron chi connectivity index (χ1n) is 5.26. The molecule has 0 fully saturated rings. The Bertz CT molecular complexity index is 178. The SMILES string of the molecule is CCOC(=O)CCC([Si])(OCC)OCC. The van der Waals surface area contributed by atoms with Crippen molar-refractivity contribution >= 4 is 16.2 Å². The maximum atomic E-state index is 11.1. The molecule has 0 aromatic rings. The zero-order valence-corrected chi connectivity index (χ0v) is 10.7. The number of rotatable bonds is 8. The van der Waals surface area contributed by atoms with Gasteiger partial charge in [-0.2, -0.15) is 0 Å². The van der Waals surface area contributed by atoms with Gasteiger partial charge in [0.1, 0.15) is 15.7 Å². The maximum Gasteiger partial charge on any atom is 0.305 e. The van der Waals surface area contributed by atoms with E-state index in [2.05, 4.69) is 10.2 Å². The molecule has 15 heavy (non-hydrogen) atoms. The van der Waals surface area contributed by atoms with Crippen LogP contribution in [0.25, 0.3) is 0 Å². The molecule has 87 valence electrons. The molecule has 0 aromatic heterocycles. The van der Waals surface area contributed by atoms with Crippen molar-refractivity contribution in [3.63, 3.8) is 0 Å². The number of esters is 1. The van der Waals surface area contributed by atoms with Crippen LogP contribution in [0.15, 0.2) is 0 Å². The molecule has 0 saturated heterocycles. The Labute approximate surface area is 94.7 Å². The second-order valence-electron chi connectivity index (χ2n) is 2.92. The van der Waals surface area contributed by atoms with E-state index in [0.717, 1.165) is 0 Å². The minimum absolute atomic E-state index is 0.237. The van der Waals surface area contributed by atoms with E-state index in [9.17, 15) is 4.79 Å². The number of carbonyl (C=O) groups excluding carboxylic acids is 1. The quantitative estimate of drug-likeness (QED) is 0.358. The molecule has 0 aliphatic heterocycles. The third-order valence-corrected chi connectivity index (χ3v) is 2.26. The fourth-order valence-corrected chi connectivity index (χ4v) is 1.57. The highest BCUT2D eigenvalue weighted by atomic mass is 28.1. The summed E-state index contributed by atoms with van der Waals surface area (Å²) >= 11 is 0. The Hall–Kier alpha value is -0.393. The van der Waals surface area contributed by atoms with Crippen molar-refractivity contribution in [2.75, 3.05) is 19.8 Å². The smallest absolute Gasteiger partial charge is 0.305 e. The van der Waals surface area contributed by atoms with Gasteiger partial charge in [-0.05, 0) is 20.8 Å². The summed E-state index contributed by atoms with van der Waals surface area (Å²) in [7, 11) is 3.39. The molecule has 0 N–H and O–H groups in total. The van der Waals surface area contributed by atoms with Crippen LogP contribution in [-0.4, -0.2) is 41.4 Å². The first-order valence-corrected chi connectivity index (χ1v) is 5.76. The summed E-state index contributed by atoms with van der Waals surface area (Å²) < 4.78 is 15.6. The minimum atomic E-state index is -0.865. The third kappa shape index (κ3) is 6.65. The van der Waals surface area contributed by atoms with Crippen LogP contribution in [0.3, 0.4) is 0 Å². The lowest BCUT2D eigenvalue weighted by atomic mass is 10.3. The van der Waals surface area contributed by atoms with Crippen LogP contribution in [0.2, 0.25) is 0 Å². The molecule has 0 atom stereocenters. The van der Waals surface area contributed by atoms with Crippen molar-refractivity contribution in [3.05, 3.63) is 0 Å². The fourth-order valence-electron chi connectivity index (χ4n) is 1.15. The van der Waals surface area contributed by atoms with Gasteiger partial charge in [0.2, 0.25) is 0 Å². The Morgan fingerprint density at radius 2 is 1.67 bits per heavy atom. The van der Waals surface area contributed by atoms with E-state index < -0.39 is 5.41 Å². The lowest BCUT2D eigenvalue weighted by Crippen LogP contribution is -2.37. The predicted octanol–water partition coefficient (Wildman–Crippen LogP) is 1.22. The second kappa shape index (κ2) is 7.84. The van der Waals surface area contributed by atoms with Crippen LogP contribution in [0, 0.1) is 0 Å². The topological polar surface area (TPSA) is 44.8 Å². The highest BCUT2D eigenvalue weighted by Crippen LogP contribution is 2.16. The molecular weight excluding hydrogens is 212 g/mol. The van der Waals surface area contributed by atoms with Gasteiger partial charge in [0, 0.05) is 19.6 Å². The molecule has 0 bridgehead atoms. The van der Waals surface area contributed by atoms with Crippen molar-refractivity contribution in [2.24, 2.45) is 0 Å². The molecule has 0 spiro atoms. The van der Waals surface area contributed by atoms with Gasteiger partial charge in [-0.3, -0.25) is 4.79 Å². The molecular formula is C10H19O4Si.